The van der Waals surface area contributed by atoms with Crippen LogP contribution < -0.4 is 4.90 Å². The van der Waals surface area contributed by atoms with E-state index in [-0.39, 0.29) is 5.41 Å². The molecule has 1 saturated heterocycles. The third-order valence-electron chi connectivity index (χ3n) is 8.09. The molecule has 0 N–H and O–H groups in total. The van der Waals surface area contributed by atoms with Gasteiger partial charge in [-0.2, -0.15) is 0 Å². The lowest BCUT2D eigenvalue weighted by Gasteiger charge is -2.32. The van der Waals surface area contributed by atoms with Crippen LogP contribution in [0, 0.1) is 5.92 Å². The summed E-state index contributed by atoms with van der Waals surface area (Å²) in [6.07, 6.45) is 7.28. The van der Waals surface area contributed by atoms with Crippen molar-refractivity contribution in [2.45, 2.75) is 57.8 Å². The van der Waals surface area contributed by atoms with Crippen LogP contribution in [-0.4, -0.2) is 43.4 Å². The first-order valence-corrected chi connectivity index (χ1v) is 11.8. The van der Waals surface area contributed by atoms with Crippen LogP contribution in [0.5, 0.6) is 0 Å². The van der Waals surface area contributed by atoms with Crippen molar-refractivity contribution in [2.24, 2.45) is 5.92 Å². The van der Waals surface area contributed by atoms with Crippen molar-refractivity contribution < 1.29 is 4.79 Å². The van der Waals surface area contributed by atoms with E-state index in [2.05, 4.69) is 47.9 Å². The lowest BCUT2D eigenvalue weighted by atomic mass is 9.75. The molecule has 2 aromatic rings. The van der Waals surface area contributed by atoms with Gasteiger partial charge in [0.25, 0.3) is 0 Å². The van der Waals surface area contributed by atoms with Crippen LogP contribution in [-0.2, 0) is 5.41 Å². The first kappa shape index (κ1) is 19.1. The number of rotatable bonds is 5. The SMILES string of the molecule is CCC1(CC)C(=O)c2cccc3c(N4CCCN(CC5CCC5)CC4)ccc1c23. The minimum Gasteiger partial charge on any atom is -0.370 e. The highest BCUT2D eigenvalue weighted by Crippen LogP contribution is 2.48. The van der Waals surface area contributed by atoms with Gasteiger partial charge in [0.15, 0.2) is 5.78 Å². The lowest BCUT2D eigenvalue weighted by Crippen LogP contribution is -2.35. The normalized spacial score (nSPS) is 22.1. The smallest absolute Gasteiger partial charge is 0.174 e. The molecule has 0 unspecified atom stereocenters. The van der Waals surface area contributed by atoms with Gasteiger partial charge in [0.05, 0.1) is 5.41 Å². The minimum atomic E-state index is -0.321. The summed E-state index contributed by atoms with van der Waals surface area (Å²) in [4.78, 5) is 18.6. The lowest BCUT2D eigenvalue weighted by molar-refractivity contribution is 0.0886. The van der Waals surface area contributed by atoms with Gasteiger partial charge in [-0.1, -0.05) is 44.5 Å². The summed E-state index contributed by atoms with van der Waals surface area (Å²) >= 11 is 0. The van der Waals surface area contributed by atoms with Crippen LogP contribution in [0.1, 0.15) is 68.3 Å². The molecule has 3 nitrogen and oxygen atoms in total. The Bertz CT molecular complexity index is 926. The molecule has 0 radical (unpaired) electrons. The van der Waals surface area contributed by atoms with Crippen LogP contribution in [0.3, 0.4) is 0 Å². The zero-order valence-corrected chi connectivity index (χ0v) is 18.0. The predicted octanol–water partition coefficient (Wildman–Crippen LogP) is 5.41. The number of nitrogens with zero attached hydrogens (tertiary/aromatic N) is 2. The summed E-state index contributed by atoms with van der Waals surface area (Å²) in [5.41, 5.74) is 3.22. The average Bonchev–Trinajstić information content (AvgIpc) is 2.86. The third kappa shape index (κ3) is 2.92. The standard InChI is InChI=1S/C26H34N2O/c1-3-26(4-2)22-12-13-23(20-10-6-11-21(24(20)22)25(26)29)28-15-7-14-27(16-17-28)18-19-8-5-9-19/h6,10-13,19H,3-5,7-9,14-18H2,1-2H3. The third-order valence-corrected chi connectivity index (χ3v) is 8.09. The molecule has 2 aromatic carbocycles. The fourth-order valence-corrected chi connectivity index (χ4v) is 6.02. The van der Waals surface area contributed by atoms with E-state index >= 15 is 0 Å². The van der Waals surface area contributed by atoms with Gasteiger partial charge in [-0.3, -0.25) is 4.79 Å². The van der Waals surface area contributed by atoms with E-state index in [0.717, 1.165) is 44.0 Å². The molecule has 0 amide bonds. The van der Waals surface area contributed by atoms with Crippen molar-refractivity contribution in [3.8, 4) is 0 Å². The Morgan fingerprint density at radius 2 is 1.79 bits per heavy atom. The van der Waals surface area contributed by atoms with Gasteiger partial charge in [0, 0.05) is 42.8 Å². The van der Waals surface area contributed by atoms with E-state index in [1.54, 1.807) is 0 Å². The van der Waals surface area contributed by atoms with Crippen LogP contribution in [0.15, 0.2) is 30.3 Å². The molecule has 5 rings (SSSR count). The Morgan fingerprint density at radius 1 is 0.966 bits per heavy atom. The number of anilines is 1. The van der Waals surface area contributed by atoms with Crippen LogP contribution >= 0.6 is 0 Å². The van der Waals surface area contributed by atoms with Crippen LogP contribution in [0.2, 0.25) is 0 Å². The quantitative estimate of drug-likeness (QED) is 0.682. The zero-order valence-electron chi connectivity index (χ0n) is 18.0. The summed E-state index contributed by atoms with van der Waals surface area (Å²) in [5, 5.41) is 2.51. The number of carbonyl (C=O) groups is 1. The van der Waals surface area contributed by atoms with Crippen molar-refractivity contribution in [2.75, 3.05) is 37.6 Å². The molecule has 2 fully saturated rings. The molecule has 1 aliphatic heterocycles. The van der Waals surface area contributed by atoms with Gasteiger partial charge in [-0.05, 0) is 61.6 Å². The Balaban J connectivity index is 1.48. The van der Waals surface area contributed by atoms with Gasteiger partial charge < -0.3 is 9.80 Å². The minimum absolute atomic E-state index is 0.321. The van der Waals surface area contributed by atoms with E-state index in [4.69, 9.17) is 0 Å². The fraction of sp³-hybridized carbons (Fsp3) is 0.577. The van der Waals surface area contributed by atoms with Crippen LogP contribution in [0.25, 0.3) is 10.8 Å². The second-order valence-corrected chi connectivity index (χ2v) is 9.42. The fourth-order valence-electron chi connectivity index (χ4n) is 6.02. The second kappa shape index (κ2) is 7.43. The van der Waals surface area contributed by atoms with E-state index in [1.165, 1.54) is 60.8 Å². The maximum atomic E-state index is 13.4. The number of benzene rings is 2. The second-order valence-electron chi connectivity index (χ2n) is 9.42. The Kier molecular flexibility index (Phi) is 4.90. The number of carbonyl (C=O) groups excluding carboxylic acids is 1. The highest BCUT2D eigenvalue weighted by Gasteiger charge is 2.44. The van der Waals surface area contributed by atoms with Gasteiger partial charge >= 0.3 is 0 Å². The number of hydrogen-bond donors (Lipinski definition) is 0. The van der Waals surface area contributed by atoms with Crippen molar-refractivity contribution in [3.05, 3.63) is 41.5 Å². The summed E-state index contributed by atoms with van der Waals surface area (Å²) in [7, 11) is 0. The highest BCUT2D eigenvalue weighted by atomic mass is 16.1. The molecule has 0 atom stereocenters. The monoisotopic (exact) mass is 390 g/mol. The Morgan fingerprint density at radius 3 is 2.52 bits per heavy atom. The van der Waals surface area contributed by atoms with Gasteiger partial charge in [0.1, 0.15) is 0 Å². The average molecular weight is 391 g/mol. The molecule has 154 valence electrons. The van der Waals surface area contributed by atoms with E-state index in [1.807, 2.05) is 6.07 Å². The summed E-state index contributed by atoms with van der Waals surface area (Å²) < 4.78 is 0. The predicted molar refractivity (Wildman–Crippen MR) is 121 cm³/mol. The van der Waals surface area contributed by atoms with Crippen molar-refractivity contribution >= 4 is 22.2 Å². The Labute approximate surface area is 175 Å². The van der Waals surface area contributed by atoms with Crippen molar-refractivity contribution in [1.82, 2.24) is 4.90 Å². The van der Waals surface area contributed by atoms with Crippen LogP contribution in [0.4, 0.5) is 5.69 Å². The summed E-state index contributed by atoms with van der Waals surface area (Å²) in [6.45, 7) is 10.2. The number of ketones is 1. The molecular formula is C26H34N2O. The molecule has 0 aromatic heterocycles. The maximum absolute atomic E-state index is 13.4. The van der Waals surface area contributed by atoms with E-state index < -0.39 is 0 Å². The van der Waals surface area contributed by atoms with Gasteiger partial charge in [-0.25, -0.2) is 0 Å². The van der Waals surface area contributed by atoms with E-state index in [9.17, 15) is 4.79 Å². The van der Waals surface area contributed by atoms with Crippen molar-refractivity contribution in [1.29, 1.82) is 0 Å². The number of Topliss-reactive ketones (excluding diaryl/α,β-unsaturated/α-hetero) is 1. The van der Waals surface area contributed by atoms with Gasteiger partial charge in [-0.15, -0.1) is 0 Å². The first-order valence-electron chi connectivity index (χ1n) is 11.8. The molecule has 3 heteroatoms. The summed E-state index contributed by atoms with van der Waals surface area (Å²) in [6, 6.07) is 11.0. The first-order chi connectivity index (χ1) is 14.2. The summed E-state index contributed by atoms with van der Waals surface area (Å²) in [5.74, 6) is 1.28. The molecule has 29 heavy (non-hydrogen) atoms. The molecule has 3 aliphatic rings. The molecule has 1 heterocycles. The Hall–Kier alpha value is -1.87. The molecule has 2 aliphatic carbocycles. The van der Waals surface area contributed by atoms with E-state index in [0.29, 0.717) is 5.78 Å². The molecule has 0 spiro atoms. The zero-order chi connectivity index (χ0) is 20.0. The molecule has 0 bridgehead atoms. The maximum Gasteiger partial charge on any atom is 0.174 e. The van der Waals surface area contributed by atoms with Crippen molar-refractivity contribution in [3.63, 3.8) is 0 Å². The largest absolute Gasteiger partial charge is 0.370 e. The van der Waals surface area contributed by atoms with Gasteiger partial charge in [0.2, 0.25) is 0 Å². The number of hydrogen-bond acceptors (Lipinski definition) is 3. The molecule has 1 saturated carbocycles. The molecular weight excluding hydrogens is 356 g/mol. The highest BCUT2D eigenvalue weighted by molar-refractivity contribution is 6.22. The topological polar surface area (TPSA) is 23.6 Å².